The van der Waals surface area contributed by atoms with E-state index >= 15 is 0 Å². The predicted octanol–water partition coefficient (Wildman–Crippen LogP) is 2.02. The molecule has 0 aromatic carbocycles. The zero-order valence-electron chi connectivity index (χ0n) is 6.77. The molecule has 2 N–H and O–H groups in total. The molecule has 1 nitrogen and oxygen atoms in total. The summed E-state index contributed by atoms with van der Waals surface area (Å²) in [4.78, 5) is 0. The van der Waals surface area contributed by atoms with Gasteiger partial charge in [-0.25, -0.2) is 0 Å². The molecule has 1 atom stereocenters. The van der Waals surface area contributed by atoms with Gasteiger partial charge in [-0.2, -0.15) is 0 Å². The van der Waals surface area contributed by atoms with Crippen molar-refractivity contribution in [3.8, 4) is 0 Å². The fourth-order valence-corrected chi connectivity index (χ4v) is 1.84. The molecule has 0 aliphatic heterocycles. The van der Waals surface area contributed by atoms with Crippen molar-refractivity contribution in [2.24, 2.45) is 5.73 Å². The summed E-state index contributed by atoms with van der Waals surface area (Å²) in [6, 6.07) is 0. The molecule has 58 valence electrons. The molecule has 0 radical (unpaired) electrons. The summed E-state index contributed by atoms with van der Waals surface area (Å²) in [7, 11) is -0.983. The number of hydrogen-bond donors (Lipinski definition) is 1. The molecule has 0 saturated heterocycles. The summed E-state index contributed by atoms with van der Waals surface area (Å²) in [6.45, 7) is 9.08. The monoisotopic (exact) mass is 167 g/mol. The van der Waals surface area contributed by atoms with E-state index in [0.29, 0.717) is 5.67 Å². The summed E-state index contributed by atoms with van der Waals surface area (Å²) in [5.41, 5.74) is 6.30. The van der Waals surface area contributed by atoms with E-state index in [1.807, 2.05) is 0 Å². The highest BCUT2D eigenvalue weighted by atomic mass is 35.5. The van der Waals surface area contributed by atoms with E-state index in [2.05, 4.69) is 26.6 Å². The van der Waals surface area contributed by atoms with Crippen LogP contribution in [0.25, 0.3) is 0 Å². The number of nitrogens with two attached hydrogens (primary N) is 1. The van der Waals surface area contributed by atoms with Crippen molar-refractivity contribution < 1.29 is 0 Å². The van der Waals surface area contributed by atoms with Crippen LogP contribution in [0, 0.1) is 0 Å². The van der Waals surface area contributed by atoms with Crippen molar-refractivity contribution in [2.75, 3.05) is 0 Å². The van der Waals surface area contributed by atoms with Gasteiger partial charge in [-0.3, -0.25) is 0 Å². The third-order valence-corrected chi connectivity index (χ3v) is 4.19. The van der Waals surface area contributed by atoms with Crippen LogP contribution in [0.4, 0.5) is 0 Å². The average Bonchev–Trinajstić information content (AvgIpc) is 1.62. The summed E-state index contributed by atoms with van der Waals surface area (Å²) in [5, 5.41) is 0. The molecule has 9 heavy (non-hydrogen) atoms. The van der Waals surface area contributed by atoms with Gasteiger partial charge in [0.2, 0.25) is 0 Å². The van der Waals surface area contributed by atoms with Gasteiger partial charge in [-0.05, 0) is 12.1 Å². The number of hydrogen-bond acceptors (Lipinski definition) is 1. The Morgan fingerprint density at radius 3 is 1.67 bits per heavy atom. The van der Waals surface area contributed by atoms with Gasteiger partial charge < -0.3 is 5.73 Å². The molecule has 0 saturated carbocycles. The quantitative estimate of drug-likeness (QED) is 0.626. The van der Waals surface area contributed by atoms with Crippen LogP contribution >= 0.6 is 12.4 Å². The summed E-state index contributed by atoms with van der Waals surface area (Å²) in [5.74, 6) is 0. The Bertz CT molecular complexity index is 69.9. The third-order valence-electron chi connectivity index (χ3n) is 1.55. The molecule has 0 aromatic rings. The van der Waals surface area contributed by atoms with Gasteiger partial charge in [0.25, 0.3) is 0 Å². The lowest BCUT2D eigenvalue weighted by Crippen LogP contribution is -2.44. The van der Waals surface area contributed by atoms with Crippen LogP contribution in [0.5, 0.6) is 0 Å². The molecule has 0 aliphatic carbocycles. The van der Waals surface area contributed by atoms with Crippen molar-refractivity contribution in [3.63, 3.8) is 0 Å². The molecule has 0 aliphatic rings. The molecular formula is C6H18ClNSi. The van der Waals surface area contributed by atoms with E-state index in [0.717, 1.165) is 6.42 Å². The first-order valence-corrected chi connectivity index (χ1v) is 6.81. The minimum Gasteiger partial charge on any atom is -0.330 e. The maximum absolute atomic E-state index is 5.81. The third kappa shape index (κ3) is 4.94. The lowest BCUT2D eigenvalue weighted by atomic mass is 10.5. The lowest BCUT2D eigenvalue weighted by Gasteiger charge is -2.22. The second-order valence-electron chi connectivity index (χ2n) is 3.38. The molecule has 0 rings (SSSR count). The van der Waals surface area contributed by atoms with Crippen molar-refractivity contribution in [1.29, 1.82) is 0 Å². The van der Waals surface area contributed by atoms with Crippen LogP contribution in [0.1, 0.15) is 13.3 Å². The van der Waals surface area contributed by atoms with E-state index in [9.17, 15) is 0 Å². The van der Waals surface area contributed by atoms with Gasteiger partial charge in [-0.1, -0.05) is 26.6 Å². The van der Waals surface area contributed by atoms with E-state index in [4.69, 9.17) is 5.73 Å². The van der Waals surface area contributed by atoms with Crippen molar-refractivity contribution in [3.05, 3.63) is 0 Å². The zero-order chi connectivity index (χ0) is 6.78. The molecule has 0 spiro atoms. The smallest absolute Gasteiger partial charge is 0.0631 e. The summed E-state index contributed by atoms with van der Waals surface area (Å²) in [6.07, 6.45) is 1.13. The van der Waals surface area contributed by atoms with Gasteiger partial charge in [0.05, 0.1) is 8.07 Å². The fourth-order valence-electron chi connectivity index (χ4n) is 0.612. The first kappa shape index (κ1) is 12.2. The minimum absolute atomic E-state index is 0. The number of rotatable bonds is 2. The van der Waals surface area contributed by atoms with E-state index < -0.39 is 8.07 Å². The second-order valence-corrected chi connectivity index (χ2v) is 8.85. The molecule has 0 fully saturated rings. The van der Waals surface area contributed by atoms with Crippen molar-refractivity contribution >= 4 is 20.5 Å². The molecule has 0 aromatic heterocycles. The highest BCUT2D eigenvalue weighted by molar-refractivity contribution is 6.77. The largest absolute Gasteiger partial charge is 0.330 e. The van der Waals surface area contributed by atoms with E-state index in [1.165, 1.54) is 0 Å². The van der Waals surface area contributed by atoms with Crippen molar-refractivity contribution in [2.45, 2.75) is 38.7 Å². The van der Waals surface area contributed by atoms with Crippen LogP contribution in [0.15, 0.2) is 0 Å². The van der Waals surface area contributed by atoms with E-state index in [-0.39, 0.29) is 12.4 Å². The Morgan fingerprint density at radius 2 is 1.67 bits per heavy atom. The maximum Gasteiger partial charge on any atom is 0.0631 e. The Hall–Kier alpha value is 0.467. The summed E-state index contributed by atoms with van der Waals surface area (Å²) >= 11 is 0. The first-order chi connectivity index (χ1) is 3.48. The van der Waals surface area contributed by atoms with Crippen LogP contribution < -0.4 is 5.73 Å². The van der Waals surface area contributed by atoms with Gasteiger partial charge in [0.1, 0.15) is 0 Å². The Labute approximate surface area is 65.4 Å². The predicted molar refractivity (Wildman–Crippen MR) is 48.9 cm³/mol. The Balaban J connectivity index is 0. The van der Waals surface area contributed by atoms with Gasteiger partial charge >= 0.3 is 0 Å². The van der Waals surface area contributed by atoms with E-state index in [1.54, 1.807) is 0 Å². The minimum atomic E-state index is -0.983. The highest BCUT2D eigenvalue weighted by Crippen LogP contribution is 2.06. The van der Waals surface area contributed by atoms with Crippen LogP contribution in [0.2, 0.25) is 19.6 Å². The van der Waals surface area contributed by atoms with Gasteiger partial charge in [-0.15, -0.1) is 12.4 Å². The molecular weight excluding hydrogens is 150 g/mol. The highest BCUT2D eigenvalue weighted by Gasteiger charge is 2.20. The van der Waals surface area contributed by atoms with Crippen LogP contribution in [-0.4, -0.2) is 13.7 Å². The number of halogens is 1. The molecule has 0 bridgehead atoms. The Kier molecular flexibility index (Phi) is 5.83. The molecule has 3 heteroatoms. The lowest BCUT2D eigenvalue weighted by molar-refractivity contribution is 0.820. The topological polar surface area (TPSA) is 26.0 Å². The molecule has 0 heterocycles. The van der Waals surface area contributed by atoms with Crippen LogP contribution in [-0.2, 0) is 0 Å². The SMILES string of the molecule is CCC(N)[Si](C)(C)C.Cl. The van der Waals surface area contributed by atoms with Crippen molar-refractivity contribution in [1.82, 2.24) is 0 Å². The molecule has 1 unspecified atom stereocenters. The fraction of sp³-hybridized carbons (Fsp3) is 1.00. The Morgan fingerprint density at radius 1 is 1.33 bits per heavy atom. The normalized spacial score (nSPS) is 14.3. The zero-order valence-corrected chi connectivity index (χ0v) is 8.59. The maximum atomic E-state index is 5.81. The van der Waals surface area contributed by atoms with Crippen LogP contribution in [0.3, 0.4) is 0 Å². The second kappa shape index (κ2) is 4.31. The van der Waals surface area contributed by atoms with Gasteiger partial charge in [0, 0.05) is 0 Å². The first-order valence-electron chi connectivity index (χ1n) is 3.24. The summed E-state index contributed by atoms with van der Waals surface area (Å²) < 4.78 is 0. The molecule has 0 amide bonds. The van der Waals surface area contributed by atoms with Gasteiger partial charge in [0.15, 0.2) is 0 Å². The average molecular weight is 168 g/mol. The standard InChI is InChI=1S/C6H17NSi.ClH/c1-5-6(7)8(2,3)4;/h6H,5,7H2,1-4H3;1H.